The largest absolute Gasteiger partial charge is 0.480 e. The molecule has 2 N–H and O–H groups in total. The first kappa shape index (κ1) is 8.01. The van der Waals surface area contributed by atoms with Crippen LogP contribution in [0.4, 0.5) is 0 Å². The molecule has 4 heteroatoms. The zero-order valence-electron chi connectivity index (χ0n) is 7.05. The molecule has 68 valence electrons. The zero-order valence-corrected chi connectivity index (χ0v) is 7.05. The van der Waals surface area contributed by atoms with Gasteiger partial charge in [-0.25, -0.2) is 0 Å². The molecule has 2 aliphatic rings. The van der Waals surface area contributed by atoms with Crippen LogP contribution in [-0.4, -0.2) is 47.7 Å². The number of hydrogen-bond acceptors (Lipinski definition) is 3. The van der Waals surface area contributed by atoms with Gasteiger partial charge in [-0.2, -0.15) is 0 Å². The lowest BCUT2D eigenvalue weighted by Crippen LogP contribution is -2.58. The Balaban J connectivity index is 1.85. The number of likely N-dealkylation sites (tertiary alicyclic amines) is 1. The van der Waals surface area contributed by atoms with Gasteiger partial charge in [0.2, 0.25) is 0 Å². The van der Waals surface area contributed by atoms with Crippen LogP contribution in [0, 0.1) is 0 Å². The molecule has 1 atom stereocenters. The lowest BCUT2D eigenvalue weighted by molar-refractivity contribution is -0.138. The van der Waals surface area contributed by atoms with Crippen molar-refractivity contribution in [2.24, 2.45) is 0 Å². The standard InChI is InChI=1S/C8H14N2O2/c11-7(12)5-10-4-2-8(6-10)1-3-9-8/h9H,1-6H2,(H,11,12)/t8-/m1/s1. The van der Waals surface area contributed by atoms with Gasteiger partial charge < -0.3 is 10.4 Å². The third kappa shape index (κ3) is 1.32. The fraction of sp³-hybridized carbons (Fsp3) is 0.875. The van der Waals surface area contributed by atoms with Crippen molar-refractivity contribution in [3.8, 4) is 0 Å². The molecular formula is C8H14N2O2. The van der Waals surface area contributed by atoms with E-state index in [1.165, 1.54) is 6.42 Å². The average molecular weight is 170 g/mol. The summed E-state index contributed by atoms with van der Waals surface area (Å²) < 4.78 is 0. The molecule has 12 heavy (non-hydrogen) atoms. The van der Waals surface area contributed by atoms with Crippen LogP contribution >= 0.6 is 0 Å². The molecule has 2 aliphatic heterocycles. The van der Waals surface area contributed by atoms with E-state index in [0.29, 0.717) is 0 Å². The van der Waals surface area contributed by atoms with Crippen molar-refractivity contribution in [1.29, 1.82) is 0 Å². The molecule has 1 spiro atoms. The van der Waals surface area contributed by atoms with Gasteiger partial charge in [-0.1, -0.05) is 0 Å². The number of carboxylic acids is 1. The normalized spacial score (nSPS) is 35.3. The molecule has 0 unspecified atom stereocenters. The fourth-order valence-corrected chi connectivity index (χ4v) is 2.11. The highest BCUT2D eigenvalue weighted by Gasteiger charge is 2.42. The Bertz CT molecular complexity index is 201. The predicted octanol–water partition coefficient (Wildman–Crippen LogP) is -0.491. The van der Waals surface area contributed by atoms with Crippen molar-refractivity contribution in [2.75, 3.05) is 26.2 Å². The van der Waals surface area contributed by atoms with Crippen LogP contribution < -0.4 is 5.32 Å². The molecule has 0 bridgehead atoms. The summed E-state index contributed by atoms with van der Waals surface area (Å²) in [5.74, 6) is -0.716. The molecule has 0 aromatic carbocycles. The van der Waals surface area contributed by atoms with Crippen LogP contribution in [0.1, 0.15) is 12.8 Å². The summed E-state index contributed by atoms with van der Waals surface area (Å²) in [7, 11) is 0. The van der Waals surface area contributed by atoms with Gasteiger partial charge >= 0.3 is 5.97 Å². The molecule has 0 aliphatic carbocycles. The molecule has 2 fully saturated rings. The Morgan fingerprint density at radius 2 is 2.33 bits per heavy atom. The highest BCUT2D eigenvalue weighted by Crippen LogP contribution is 2.29. The molecule has 2 heterocycles. The summed E-state index contributed by atoms with van der Waals surface area (Å²) in [5.41, 5.74) is 0.287. The van der Waals surface area contributed by atoms with E-state index in [2.05, 4.69) is 5.32 Å². The number of nitrogens with one attached hydrogen (secondary N) is 1. The van der Waals surface area contributed by atoms with Gasteiger partial charge in [0.05, 0.1) is 6.54 Å². The third-order valence-corrected chi connectivity index (χ3v) is 2.90. The summed E-state index contributed by atoms with van der Waals surface area (Å²) in [4.78, 5) is 12.4. The van der Waals surface area contributed by atoms with Crippen molar-refractivity contribution < 1.29 is 9.90 Å². The molecular weight excluding hydrogens is 156 g/mol. The molecule has 0 aromatic heterocycles. The second-order valence-corrected chi connectivity index (χ2v) is 3.81. The minimum absolute atomic E-state index is 0.198. The maximum atomic E-state index is 10.4. The highest BCUT2D eigenvalue weighted by atomic mass is 16.4. The molecule has 0 amide bonds. The second-order valence-electron chi connectivity index (χ2n) is 3.81. The van der Waals surface area contributed by atoms with Crippen molar-refractivity contribution in [1.82, 2.24) is 10.2 Å². The molecule has 2 rings (SSSR count). The number of aliphatic carboxylic acids is 1. The summed E-state index contributed by atoms with van der Waals surface area (Å²) in [6.07, 6.45) is 2.32. The van der Waals surface area contributed by atoms with Gasteiger partial charge in [-0.05, 0) is 19.4 Å². The van der Waals surface area contributed by atoms with Crippen molar-refractivity contribution in [2.45, 2.75) is 18.4 Å². The average Bonchev–Trinajstić information content (AvgIpc) is 2.29. The number of rotatable bonds is 2. The van der Waals surface area contributed by atoms with Gasteiger partial charge in [0, 0.05) is 18.6 Å². The van der Waals surface area contributed by atoms with Gasteiger partial charge in [0.1, 0.15) is 0 Å². The van der Waals surface area contributed by atoms with Crippen LogP contribution in [0.25, 0.3) is 0 Å². The maximum absolute atomic E-state index is 10.4. The summed E-state index contributed by atoms with van der Waals surface area (Å²) >= 11 is 0. The van der Waals surface area contributed by atoms with E-state index in [9.17, 15) is 4.79 Å². The molecule has 0 saturated carbocycles. The van der Waals surface area contributed by atoms with Crippen LogP contribution in [0.3, 0.4) is 0 Å². The summed E-state index contributed by atoms with van der Waals surface area (Å²) in [6.45, 7) is 3.14. The van der Waals surface area contributed by atoms with Crippen LogP contribution in [0.15, 0.2) is 0 Å². The minimum Gasteiger partial charge on any atom is -0.480 e. The van der Waals surface area contributed by atoms with Gasteiger partial charge in [0.15, 0.2) is 0 Å². The Labute approximate surface area is 71.5 Å². The van der Waals surface area contributed by atoms with Crippen LogP contribution in [0.5, 0.6) is 0 Å². The molecule has 2 saturated heterocycles. The molecule has 4 nitrogen and oxygen atoms in total. The van der Waals surface area contributed by atoms with Crippen molar-refractivity contribution in [3.05, 3.63) is 0 Å². The van der Waals surface area contributed by atoms with Crippen molar-refractivity contribution in [3.63, 3.8) is 0 Å². The zero-order chi connectivity index (χ0) is 8.60. The first-order valence-electron chi connectivity index (χ1n) is 4.39. The minimum atomic E-state index is -0.716. The number of nitrogens with zero attached hydrogens (tertiary/aromatic N) is 1. The highest BCUT2D eigenvalue weighted by molar-refractivity contribution is 5.69. The predicted molar refractivity (Wildman–Crippen MR) is 44.0 cm³/mol. The summed E-state index contributed by atoms with van der Waals surface area (Å²) in [5, 5.41) is 12.0. The van der Waals surface area contributed by atoms with E-state index in [4.69, 9.17) is 5.11 Å². The van der Waals surface area contributed by atoms with E-state index in [-0.39, 0.29) is 12.1 Å². The van der Waals surface area contributed by atoms with E-state index < -0.39 is 5.97 Å². The van der Waals surface area contributed by atoms with Gasteiger partial charge in [-0.3, -0.25) is 9.69 Å². The maximum Gasteiger partial charge on any atom is 0.317 e. The number of carbonyl (C=O) groups is 1. The quantitative estimate of drug-likeness (QED) is 0.587. The Kier molecular flexibility index (Phi) is 1.81. The first-order chi connectivity index (χ1) is 5.70. The Morgan fingerprint density at radius 1 is 1.58 bits per heavy atom. The van der Waals surface area contributed by atoms with E-state index >= 15 is 0 Å². The SMILES string of the molecule is O=C(O)CN1CC[C@]2(CCN2)C1. The lowest BCUT2D eigenvalue weighted by atomic mass is 9.87. The van der Waals surface area contributed by atoms with E-state index in [1.54, 1.807) is 0 Å². The Hall–Kier alpha value is -0.610. The van der Waals surface area contributed by atoms with Gasteiger partial charge in [-0.15, -0.1) is 0 Å². The number of hydrogen-bond donors (Lipinski definition) is 2. The monoisotopic (exact) mass is 170 g/mol. The fourth-order valence-electron chi connectivity index (χ4n) is 2.11. The van der Waals surface area contributed by atoms with E-state index in [0.717, 1.165) is 26.1 Å². The van der Waals surface area contributed by atoms with Crippen molar-refractivity contribution >= 4 is 5.97 Å². The Morgan fingerprint density at radius 3 is 2.75 bits per heavy atom. The lowest BCUT2D eigenvalue weighted by Gasteiger charge is -2.39. The second kappa shape index (κ2) is 2.71. The van der Waals surface area contributed by atoms with Crippen LogP contribution in [-0.2, 0) is 4.79 Å². The first-order valence-corrected chi connectivity index (χ1v) is 4.39. The molecule has 0 radical (unpaired) electrons. The third-order valence-electron chi connectivity index (χ3n) is 2.90. The van der Waals surface area contributed by atoms with Gasteiger partial charge in [0.25, 0.3) is 0 Å². The summed E-state index contributed by atoms with van der Waals surface area (Å²) in [6, 6.07) is 0. The molecule has 0 aromatic rings. The number of carboxylic acid groups (broad SMARTS) is 1. The van der Waals surface area contributed by atoms with Crippen LogP contribution in [0.2, 0.25) is 0 Å². The smallest absolute Gasteiger partial charge is 0.317 e. The topological polar surface area (TPSA) is 52.6 Å². The van der Waals surface area contributed by atoms with E-state index in [1.807, 2.05) is 4.90 Å².